The van der Waals surface area contributed by atoms with Crippen LogP contribution in [0.25, 0.3) is 0 Å². The van der Waals surface area contributed by atoms with Crippen molar-refractivity contribution >= 4 is 23.1 Å². The summed E-state index contributed by atoms with van der Waals surface area (Å²) in [4.78, 5) is 53.2. The fraction of sp³-hybridized carbons (Fsp3) is 0.556. The average molecular weight is 360 g/mol. The maximum absolute atomic E-state index is 13.5. The van der Waals surface area contributed by atoms with Crippen molar-refractivity contribution < 1.29 is 38.9 Å². The second-order valence-electron chi connectivity index (χ2n) is 7.74. The molecule has 3 fully saturated rings. The lowest BCUT2D eigenvalue weighted by Crippen LogP contribution is -2.85. The zero-order valence-electron chi connectivity index (χ0n) is 14.2. The van der Waals surface area contributed by atoms with E-state index in [9.17, 15) is 29.4 Å². The Kier molecular flexibility index (Phi) is 2.56. The van der Waals surface area contributed by atoms with Gasteiger partial charge in [-0.3, -0.25) is 19.2 Å². The van der Waals surface area contributed by atoms with Gasteiger partial charge in [-0.1, -0.05) is 0 Å². The van der Waals surface area contributed by atoms with E-state index in [2.05, 4.69) is 0 Å². The number of rotatable bonds is 0. The summed E-state index contributed by atoms with van der Waals surface area (Å²) in [5, 5.41) is 22.9. The van der Waals surface area contributed by atoms with Gasteiger partial charge in [-0.2, -0.15) is 0 Å². The molecule has 4 atom stereocenters. The third kappa shape index (κ3) is 1.10. The van der Waals surface area contributed by atoms with Crippen LogP contribution >= 0.6 is 0 Å². The largest absolute Gasteiger partial charge is 0.376 e. The van der Waals surface area contributed by atoms with E-state index < -0.39 is 58.4 Å². The monoisotopic (exact) mass is 360 g/mol. The van der Waals surface area contributed by atoms with Crippen LogP contribution in [0, 0.1) is 10.8 Å². The van der Waals surface area contributed by atoms with Crippen LogP contribution in [0.3, 0.4) is 0 Å². The SMILES string of the molecule is CC1=C2COCC23C(=O)C(O)(C1=O)C12COCC1=C(C)C(=O)C3(O)C2=O. The quantitative estimate of drug-likeness (QED) is 0.496. The van der Waals surface area contributed by atoms with Crippen molar-refractivity contribution in [2.75, 3.05) is 26.4 Å². The smallest absolute Gasteiger partial charge is 0.205 e. The van der Waals surface area contributed by atoms with Gasteiger partial charge in [0.25, 0.3) is 0 Å². The van der Waals surface area contributed by atoms with Gasteiger partial charge in [0, 0.05) is 0 Å². The minimum atomic E-state index is -2.72. The van der Waals surface area contributed by atoms with Gasteiger partial charge in [-0.15, -0.1) is 0 Å². The molecule has 136 valence electrons. The van der Waals surface area contributed by atoms with Crippen LogP contribution in [-0.4, -0.2) is 71.0 Å². The molecule has 26 heavy (non-hydrogen) atoms. The van der Waals surface area contributed by atoms with Gasteiger partial charge in [0.05, 0.1) is 26.4 Å². The fourth-order valence-corrected chi connectivity index (χ4v) is 5.68. The minimum Gasteiger partial charge on any atom is -0.376 e. The molecule has 5 aliphatic rings. The van der Waals surface area contributed by atoms with Crippen LogP contribution in [0.2, 0.25) is 0 Å². The number of ether oxygens (including phenoxy) is 2. The van der Waals surface area contributed by atoms with Crippen LogP contribution < -0.4 is 0 Å². The Labute approximate surface area is 147 Å². The number of carbonyl (C=O) groups is 4. The van der Waals surface area contributed by atoms with Crippen LogP contribution in [-0.2, 0) is 28.7 Å². The lowest BCUT2D eigenvalue weighted by Gasteiger charge is -2.60. The molecule has 4 bridgehead atoms. The molecule has 0 aromatic rings. The molecule has 0 aromatic carbocycles. The highest BCUT2D eigenvalue weighted by Gasteiger charge is 2.88. The summed E-state index contributed by atoms with van der Waals surface area (Å²) in [7, 11) is 0. The van der Waals surface area contributed by atoms with E-state index in [1.54, 1.807) is 0 Å². The van der Waals surface area contributed by atoms with Gasteiger partial charge in [0.2, 0.25) is 11.2 Å². The van der Waals surface area contributed by atoms with Crippen molar-refractivity contribution in [3.63, 3.8) is 0 Å². The predicted molar refractivity (Wildman–Crippen MR) is 81.8 cm³/mol. The Bertz CT molecular complexity index is 865. The highest BCUT2D eigenvalue weighted by molar-refractivity contribution is 6.38. The fourth-order valence-electron chi connectivity index (χ4n) is 5.68. The number of carbonyl (C=O) groups excluding carboxylic acids is 4. The van der Waals surface area contributed by atoms with E-state index in [-0.39, 0.29) is 35.5 Å². The molecular weight excluding hydrogens is 344 g/mol. The van der Waals surface area contributed by atoms with Crippen molar-refractivity contribution in [1.82, 2.24) is 0 Å². The van der Waals surface area contributed by atoms with Crippen LogP contribution in [0.5, 0.6) is 0 Å². The molecule has 5 rings (SSSR count). The Morgan fingerprint density at radius 2 is 1.08 bits per heavy atom. The Morgan fingerprint density at radius 3 is 1.42 bits per heavy atom. The molecule has 3 aliphatic carbocycles. The number of ketones is 4. The summed E-state index contributed by atoms with van der Waals surface area (Å²) in [5.74, 6) is -3.86. The zero-order chi connectivity index (χ0) is 18.9. The van der Waals surface area contributed by atoms with Crippen molar-refractivity contribution in [1.29, 1.82) is 0 Å². The van der Waals surface area contributed by atoms with Gasteiger partial charge in [-0.05, 0) is 36.1 Å². The molecule has 2 spiro atoms. The second-order valence-corrected chi connectivity index (χ2v) is 7.74. The normalized spacial score (nSPS) is 46.9. The molecule has 0 radical (unpaired) electrons. The van der Waals surface area contributed by atoms with E-state index in [4.69, 9.17) is 9.47 Å². The van der Waals surface area contributed by atoms with E-state index >= 15 is 0 Å². The number of hydrogen-bond donors (Lipinski definition) is 2. The average Bonchev–Trinajstić information content (AvgIpc) is 3.26. The zero-order valence-corrected chi connectivity index (χ0v) is 14.2. The first-order chi connectivity index (χ1) is 12.1. The maximum Gasteiger partial charge on any atom is 0.205 e. The summed E-state index contributed by atoms with van der Waals surface area (Å²) >= 11 is 0. The summed E-state index contributed by atoms with van der Waals surface area (Å²) in [6.45, 7) is 1.62. The predicted octanol–water partition coefficient (Wildman–Crippen LogP) is -1.57. The lowest BCUT2D eigenvalue weighted by molar-refractivity contribution is -0.209. The Hall–Kier alpha value is -2.00. The van der Waals surface area contributed by atoms with Gasteiger partial charge in [0.15, 0.2) is 23.1 Å². The van der Waals surface area contributed by atoms with Crippen LogP contribution in [0.1, 0.15) is 13.8 Å². The third-order valence-corrected chi connectivity index (χ3v) is 7.07. The minimum absolute atomic E-state index is 0.0495. The van der Waals surface area contributed by atoms with E-state index in [1.165, 1.54) is 13.8 Å². The molecular formula is C18H16O8. The molecule has 2 heterocycles. The highest BCUT2D eigenvalue weighted by Crippen LogP contribution is 2.66. The van der Waals surface area contributed by atoms with Gasteiger partial charge < -0.3 is 19.7 Å². The van der Waals surface area contributed by atoms with Gasteiger partial charge in [-0.25, -0.2) is 0 Å². The number of Topliss-reactive ketones (excluding diaryl/α,β-unsaturated/α-hetero) is 4. The first-order valence-corrected chi connectivity index (χ1v) is 8.33. The van der Waals surface area contributed by atoms with Crippen molar-refractivity contribution in [3.05, 3.63) is 22.3 Å². The number of aliphatic hydroxyl groups is 2. The Balaban J connectivity index is 2.03. The van der Waals surface area contributed by atoms with E-state index in [0.29, 0.717) is 0 Å². The maximum atomic E-state index is 13.5. The van der Waals surface area contributed by atoms with Gasteiger partial charge in [0.1, 0.15) is 10.8 Å². The number of hydrogen-bond acceptors (Lipinski definition) is 8. The van der Waals surface area contributed by atoms with Crippen LogP contribution in [0.15, 0.2) is 22.3 Å². The molecule has 0 amide bonds. The molecule has 2 saturated heterocycles. The van der Waals surface area contributed by atoms with E-state index in [1.807, 2.05) is 0 Å². The molecule has 1 saturated carbocycles. The van der Waals surface area contributed by atoms with Crippen LogP contribution in [0.4, 0.5) is 0 Å². The standard InChI is InChI=1S/C18H16O8/c1-7-9-3-25-5-15(9)13(21)17(23,11(7)19)16-6-26-4-10(16)8(2)12(20)18(15,24)14(16)22/h23-24H,3-6H2,1-2H3. The first-order valence-electron chi connectivity index (χ1n) is 8.33. The van der Waals surface area contributed by atoms with Gasteiger partial charge >= 0.3 is 0 Å². The topological polar surface area (TPSA) is 127 Å². The lowest BCUT2D eigenvalue weighted by atomic mass is 9.38. The third-order valence-electron chi connectivity index (χ3n) is 7.07. The second kappa shape index (κ2) is 4.12. The molecule has 2 aliphatic heterocycles. The van der Waals surface area contributed by atoms with Crippen molar-refractivity contribution in [3.8, 4) is 0 Å². The Morgan fingerprint density at radius 1 is 0.731 bits per heavy atom. The van der Waals surface area contributed by atoms with E-state index in [0.717, 1.165) is 0 Å². The first kappa shape index (κ1) is 16.2. The van der Waals surface area contributed by atoms with Crippen molar-refractivity contribution in [2.24, 2.45) is 10.8 Å². The molecule has 8 nitrogen and oxygen atoms in total. The highest BCUT2D eigenvalue weighted by atomic mass is 16.5. The number of fused-ring (bicyclic) bond motifs is 2. The molecule has 2 N–H and O–H groups in total. The summed E-state index contributed by atoms with van der Waals surface area (Å²) in [5.41, 5.74) is -9.28. The molecule has 0 aromatic heterocycles. The van der Waals surface area contributed by atoms with Crippen molar-refractivity contribution in [2.45, 2.75) is 25.0 Å². The summed E-state index contributed by atoms with van der Waals surface area (Å²) in [6, 6.07) is 0. The summed E-state index contributed by atoms with van der Waals surface area (Å²) < 4.78 is 10.7. The molecule has 8 heteroatoms. The summed E-state index contributed by atoms with van der Waals surface area (Å²) in [6.07, 6.45) is 0. The molecule has 4 unspecified atom stereocenters.